The Hall–Kier alpha value is -4.17. The summed E-state index contributed by atoms with van der Waals surface area (Å²) in [6.45, 7) is 3.37. The monoisotopic (exact) mass is 516 g/mol. The lowest BCUT2D eigenvalue weighted by atomic mass is 9.98. The van der Waals surface area contributed by atoms with E-state index in [1.54, 1.807) is 6.92 Å². The molecule has 8 nitrogen and oxygen atoms in total. The first-order valence-electron chi connectivity index (χ1n) is 12.5. The van der Waals surface area contributed by atoms with Crippen LogP contribution in [0.1, 0.15) is 36.5 Å². The van der Waals surface area contributed by atoms with Crippen molar-refractivity contribution in [3.8, 4) is 11.1 Å². The van der Waals surface area contributed by atoms with Crippen molar-refractivity contribution in [3.05, 3.63) is 95.6 Å². The van der Waals surface area contributed by atoms with E-state index < -0.39 is 36.2 Å². The summed E-state index contributed by atoms with van der Waals surface area (Å²) in [5, 5.41) is 12.0. The van der Waals surface area contributed by atoms with Crippen LogP contribution in [0.2, 0.25) is 0 Å². The number of amides is 2. The number of aliphatic carboxylic acids is 1. The molecular weight excluding hydrogens is 484 g/mol. The molecule has 0 heterocycles. The Labute approximate surface area is 222 Å². The van der Waals surface area contributed by atoms with Crippen molar-refractivity contribution in [1.82, 2.24) is 10.2 Å². The molecule has 3 aromatic carbocycles. The number of fused-ring (bicyclic) bond motifs is 3. The zero-order valence-corrected chi connectivity index (χ0v) is 21.7. The van der Waals surface area contributed by atoms with E-state index >= 15 is 0 Å². The van der Waals surface area contributed by atoms with Gasteiger partial charge < -0.3 is 24.8 Å². The number of carbonyl (C=O) groups is 3. The Morgan fingerprint density at radius 2 is 1.45 bits per heavy atom. The second kappa shape index (κ2) is 11.9. The summed E-state index contributed by atoms with van der Waals surface area (Å²) < 4.78 is 11.5. The molecule has 0 spiro atoms. The van der Waals surface area contributed by atoms with Crippen molar-refractivity contribution >= 4 is 18.0 Å². The number of carboxylic acids is 1. The van der Waals surface area contributed by atoms with Gasteiger partial charge in [0.1, 0.15) is 18.7 Å². The first kappa shape index (κ1) is 26.9. The predicted molar refractivity (Wildman–Crippen MR) is 143 cm³/mol. The van der Waals surface area contributed by atoms with Gasteiger partial charge in [-0.25, -0.2) is 9.59 Å². The number of nitrogens with zero attached hydrogens (tertiary/aromatic N) is 1. The van der Waals surface area contributed by atoms with E-state index in [-0.39, 0.29) is 19.1 Å². The average Bonchev–Trinajstić information content (AvgIpc) is 3.26. The number of alkyl carbamates (subject to hydrolysis) is 1. The quantitative estimate of drug-likeness (QED) is 0.413. The van der Waals surface area contributed by atoms with Crippen LogP contribution in [0.4, 0.5) is 4.79 Å². The van der Waals surface area contributed by atoms with Gasteiger partial charge in [0.2, 0.25) is 5.91 Å². The molecule has 1 aliphatic rings. The number of ether oxygens (including phenoxy) is 2. The zero-order valence-electron chi connectivity index (χ0n) is 21.7. The summed E-state index contributed by atoms with van der Waals surface area (Å²) in [7, 11) is 1.39. The van der Waals surface area contributed by atoms with Crippen LogP contribution in [0, 0.1) is 0 Å². The molecule has 38 heavy (non-hydrogen) atoms. The molecule has 0 fully saturated rings. The van der Waals surface area contributed by atoms with Gasteiger partial charge in [-0.1, -0.05) is 78.9 Å². The third kappa shape index (κ3) is 5.86. The highest BCUT2D eigenvalue weighted by Crippen LogP contribution is 2.44. The number of carboxylic acid groups (broad SMARTS) is 1. The molecule has 198 valence electrons. The molecule has 0 radical (unpaired) electrons. The Morgan fingerprint density at radius 1 is 0.895 bits per heavy atom. The molecule has 0 aliphatic heterocycles. The number of hydrogen-bond acceptors (Lipinski definition) is 5. The van der Waals surface area contributed by atoms with Crippen molar-refractivity contribution in [1.29, 1.82) is 0 Å². The second-order valence-corrected chi connectivity index (χ2v) is 9.41. The predicted octanol–water partition coefficient (Wildman–Crippen LogP) is 4.43. The lowest BCUT2D eigenvalue weighted by molar-refractivity contribution is -0.150. The Kier molecular flexibility index (Phi) is 8.43. The third-order valence-corrected chi connectivity index (χ3v) is 6.99. The molecule has 2 amide bonds. The van der Waals surface area contributed by atoms with Crippen LogP contribution in [0.3, 0.4) is 0 Å². The first-order valence-corrected chi connectivity index (χ1v) is 12.5. The number of rotatable bonds is 10. The smallest absolute Gasteiger partial charge is 0.407 e. The van der Waals surface area contributed by atoms with Crippen molar-refractivity contribution < 1.29 is 29.0 Å². The zero-order chi connectivity index (χ0) is 27.2. The number of hydrogen-bond donors (Lipinski definition) is 2. The molecule has 8 heteroatoms. The fraction of sp³-hybridized carbons (Fsp3) is 0.300. The molecule has 1 aliphatic carbocycles. The highest BCUT2D eigenvalue weighted by atomic mass is 16.5. The molecule has 3 atom stereocenters. The van der Waals surface area contributed by atoms with E-state index in [2.05, 4.69) is 5.32 Å². The summed E-state index contributed by atoms with van der Waals surface area (Å²) in [6.07, 6.45) is -1.54. The van der Waals surface area contributed by atoms with Crippen LogP contribution < -0.4 is 5.32 Å². The lowest BCUT2D eigenvalue weighted by Gasteiger charge is -2.30. The Bertz CT molecular complexity index is 1250. The van der Waals surface area contributed by atoms with Crippen molar-refractivity contribution in [2.45, 2.75) is 44.6 Å². The van der Waals surface area contributed by atoms with Gasteiger partial charge in [-0.3, -0.25) is 4.79 Å². The summed E-state index contributed by atoms with van der Waals surface area (Å²) in [5.41, 5.74) is 5.26. The summed E-state index contributed by atoms with van der Waals surface area (Å²) in [5.74, 6) is -1.88. The molecule has 4 rings (SSSR count). The maximum absolute atomic E-state index is 13.3. The summed E-state index contributed by atoms with van der Waals surface area (Å²) in [6, 6.07) is 23.2. The van der Waals surface area contributed by atoms with Gasteiger partial charge in [-0.15, -0.1) is 0 Å². The molecule has 3 unspecified atom stereocenters. The molecule has 0 saturated heterocycles. The van der Waals surface area contributed by atoms with Gasteiger partial charge in [0.05, 0.1) is 12.7 Å². The number of benzene rings is 3. The maximum atomic E-state index is 13.3. The number of likely N-dealkylation sites (N-methyl/N-ethyl adjacent to an activating group) is 1. The minimum Gasteiger partial charge on any atom is -0.480 e. The number of nitrogens with one attached hydrogen (secondary N) is 1. The van der Waals surface area contributed by atoms with Crippen molar-refractivity contribution in [2.75, 3.05) is 13.7 Å². The van der Waals surface area contributed by atoms with Crippen LogP contribution in [-0.2, 0) is 25.7 Å². The minimum atomic E-state index is -1.15. The van der Waals surface area contributed by atoms with Crippen LogP contribution in [-0.4, -0.2) is 59.8 Å². The van der Waals surface area contributed by atoms with E-state index in [1.165, 1.54) is 14.0 Å². The van der Waals surface area contributed by atoms with Crippen molar-refractivity contribution in [2.24, 2.45) is 0 Å². The van der Waals surface area contributed by atoms with Crippen LogP contribution in [0.15, 0.2) is 78.9 Å². The van der Waals surface area contributed by atoms with E-state index in [0.29, 0.717) is 0 Å². The van der Waals surface area contributed by atoms with E-state index in [1.807, 2.05) is 78.9 Å². The fourth-order valence-corrected chi connectivity index (χ4v) is 4.62. The highest BCUT2D eigenvalue weighted by Gasteiger charge is 2.35. The standard InChI is InChI=1S/C30H32N2O6/c1-19(29(34)35)32(3)28(33)27(20(2)37-17-21-11-5-4-6-12-21)31-30(36)38-18-26-24-15-9-7-13-22(24)23-14-8-10-16-25(23)26/h4-16,19-20,26-27H,17-18H2,1-3H3,(H,31,36)(H,34,35). The van der Waals surface area contributed by atoms with Gasteiger partial charge in [0, 0.05) is 13.0 Å². The largest absolute Gasteiger partial charge is 0.480 e. The third-order valence-electron chi connectivity index (χ3n) is 6.99. The van der Waals surface area contributed by atoms with E-state index in [4.69, 9.17) is 9.47 Å². The van der Waals surface area contributed by atoms with Gasteiger partial charge in [0.15, 0.2) is 0 Å². The molecule has 2 N–H and O–H groups in total. The first-order chi connectivity index (χ1) is 18.3. The van der Waals surface area contributed by atoms with Gasteiger partial charge in [-0.2, -0.15) is 0 Å². The van der Waals surface area contributed by atoms with Crippen LogP contribution >= 0.6 is 0 Å². The molecule has 0 saturated carbocycles. The normalized spacial score (nSPS) is 14.5. The van der Waals surface area contributed by atoms with Gasteiger partial charge in [0.25, 0.3) is 0 Å². The molecule has 3 aromatic rings. The topological polar surface area (TPSA) is 105 Å². The molecule has 0 bridgehead atoms. The summed E-state index contributed by atoms with van der Waals surface area (Å²) in [4.78, 5) is 38.8. The van der Waals surface area contributed by atoms with E-state index in [9.17, 15) is 19.5 Å². The van der Waals surface area contributed by atoms with Crippen LogP contribution in [0.5, 0.6) is 0 Å². The highest BCUT2D eigenvalue weighted by molar-refractivity contribution is 5.89. The second-order valence-electron chi connectivity index (χ2n) is 9.41. The van der Waals surface area contributed by atoms with Crippen molar-refractivity contribution in [3.63, 3.8) is 0 Å². The Morgan fingerprint density at radius 3 is 2.03 bits per heavy atom. The minimum absolute atomic E-state index is 0.0847. The van der Waals surface area contributed by atoms with Gasteiger partial charge in [-0.05, 0) is 41.7 Å². The van der Waals surface area contributed by atoms with Crippen LogP contribution in [0.25, 0.3) is 11.1 Å². The fourth-order valence-electron chi connectivity index (χ4n) is 4.62. The maximum Gasteiger partial charge on any atom is 0.407 e. The SMILES string of the molecule is CC(OCc1ccccc1)C(NC(=O)OCC1c2ccccc2-c2ccccc21)C(=O)N(C)C(C)C(=O)O. The lowest BCUT2D eigenvalue weighted by Crippen LogP contribution is -2.56. The van der Waals surface area contributed by atoms with Gasteiger partial charge >= 0.3 is 12.1 Å². The Balaban J connectivity index is 1.47. The average molecular weight is 517 g/mol. The summed E-state index contributed by atoms with van der Waals surface area (Å²) >= 11 is 0. The molecular formula is C30H32N2O6. The van der Waals surface area contributed by atoms with E-state index in [0.717, 1.165) is 32.7 Å². The molecule has 0 aromatic heterocycles. The number of carbonyl (C=O) groups excluding carboxylic acids is 2.